The number of carbonyl (C=O) groups is 1. The zero-order chi connectivity index (χ0) is 22.5. The predicted octanol–water partition coefficient (Wildman–Crippen LogP) is 2.77. The van der Waals surface area contributed by atoms with Crippen LogP contribution in [0.2, 0.25) is 0 Å². The number of fused-ring (bicyclic) bond motifs is 4. The molecule has 0 aromatic carbocycles. The van der Waals surface area contributed by atoms with Crippen molar-refractivity contribution in [2.45, 2.75) is 37.5 Å². The number of hydrogen-bond acceptors (Lipinski definition) is 9. The number of methoxy groups -OCH3 is 1. The van der Waals surface area contributed by atoms with E-state index >= 15 is 0 Å². The lowest BCUT2D eigenvalue weighted by Crippen LogP contribution is -2.33. The minimum Gasteiger partial charge on any atom is -0.487 e. The quantitative estimate of drug-likeness (QED) is 0.662. The molecule has 2 atom stereocenters. The van der Waals surface area contributed by atoms with Crippen molar-refractivity contribution in [2.75, 3.05) is 37.6 Å². The maximum absolute atomic E-state index is 13.6. The van der Waals surface area contributed by atoms with Gasteiger partial charge < -0.3 is 24.8 Å². The van der Waals surface area contributed by atoms with Gasteiger partial charge in [0.1, 0.15) is 11.4 Å². The summed E-state index contributed by atoms with van der Waals surface area (Å²) in [7, 11) is 1.24. The summed E-state index contributed by atoms with van der Waals surface area (Å²) >= 11 is 0. The normalized spacial score (nSPS) is 22.9. The number of nitrogens with zero attached hydrogens (tertiary/aromatic N) is 4. The minimum absolute atomic E-state index is 0.0120. The molecule has 0 unspecified atom stereocenters. The fourth-order valence-corrected chi connectivity index (χ4v) is 3.95. The Morgan fingerprint density at radius 2 is 2.09 bits per heavy atom. The minimum atomic E-state index is -4.64. The van der Waals surface area contributed by atoms with Gasteiger partial charge in [0.15, 0.2) is 11.6 Å². The number of hydrogen-bond donors (Lipinski definition) is 2. The van der Waals surface area contributed by atoms with Crippen molar-refractivity contribution in [3.63, 3.8) is 0 Å². The van der Waals surface area contributed by atoms with Gasteiger partial charge in [0.2, 0.25) is 11.6 Å². The van der Waals surface area contributed by atoms with Crippen LogP contribution in [0.15, 0.2) is 6.20 Å². The number of carbonyl (C=O) groups excluding carboxylic acids is 1. The molecule has 2 fully saturated rings. The number of anilines is 3. The van der Waals surface area contributed by atoms with Crippen LogP contribution >= 0.6 is 0 Å². The van der Waals surface area contributed by atoms with Crippen LogP contribution in [0, 0.1) is 5.92 Å². The number of esters is 1. The molecule has 0 amide bonds. The highest BCUT2D eigenvalue weighted by molar-refractivity contribution is 5.92. The Morgan fingerprint density at radius 3 is 2.78 bits per heavy atom. The Hall–Kier alpha value is -3.09. The Bertz CT molecular complexity index is 1040. The molecule has 2 aromatic heterocycles. The zero-order valence-corrected chi connectivity index (χ0v) is 17.1. The highest BCUT2D eigenvalue weighted by Gasteiger charge is 2.39. The molecule has 2 aliphatic heterocycles. The summed E-state index contributed by atoms with van der Waals surface area (Å²) < 4.78 is 58.7. The van der Waals surface area contributed by atoms with E-state index in [4.69, 9.17) is 14.2 Å². The zero-order valence-electron chi connectivity index (χ0n) is 17.1. The van der Waals surface area contributed by atoms with E-state index in [1.807, 2.05) is 0 Å². The molecule has 2 aromatic rings. The van der Waals surface area contributed by atoms with Crippen molar-refractivity contribution >= 4 is 23.6 Å². The van der Waals surface area contributed by atoms with E-state index in [0.29, 0.717) is 5.82 Å². The third-order valence-electron chi connectivity index (χ3n) is 5.95. The lowest BCUT2D eigenvalue weighted by molar-refractivity contribution is -0.137. The number of ether oxygens (including phenoxy) is 3. The first kappa shape index (κ1) is 20.8. The third-order valence-corrected chi connectivity index (χ3v) is 5.95. The molecule has 10 nitrogen and oxygen atoms in total. The fraction of sp³-hybridized carbons (Fsp3) is 0.579. The molecule has 0 radical (unpaired) electrons. The van der Waals surface area contributed by atoms with Gasteiger partial charge in [-0.2, -0.15) is 23.3 Å². The van der Waals surface area contributed by atoms with Gasteiger partial charge in [0.05, 0.1) is 39.0 Å². The van der Waals surface area contributed by atoms with Crippen LogP contribution in [0.3, 0.4) is 0 Å². The van der Waals surface area contributed by atoms with Crippen LogP contribution < -0.4 is 15.4 Å². The van der Waals surface area contributed by atoms with Gasteiger partial charge in [-0.05, 0) is 19.3 Å². The first-order chi connectivity index (χ1) is 15.3. The fourth-order valence-electron chi connectivity index (χ4n) is 3.95. The van der Waals surface area contributed by atoms with E-state index < -0.39 is 23.8 Å². The summed E-state index contributed by atoms with van der Waals surface area (Å²) in [6.07, 6.45) is -1.22. The van der Waals surface area contributed by atoms with Crippen molar-refractivity contribution in [1.82, 2.24) is 19.7 Å². The van der Waals surface area contributed by atoms with Crippen LogP contribution in [0.1, 0.15) is 41.4 Å². The van der Waals surface area contributed by atoms with Gasteiger partial charge in [0.25, 0.3) is 0 Å². The number of nitrogens with one attached hydrogen (secondary N) is 2. The third kappa shape index (κ3) is 3.59. The van der Waals surface area contributed by atoms with Crippen LogP contribution in [0.5, 0.6) is 5.75 Å². The van der Waals surface area contributed by atoms with Crippen LogP contribution in [-0.2, 0) is 15.7 Å². The Morgan fingerprint density at radius 1 is 1.28 bits per heavy atom. The number of alkyl halides is 3. The van der Waals surface area contributed by atoms with Gasteiger partial charge in [-0.25, -0.2) is 14.5 Å². The monoisotopic (exact) mass is 454 g/mol. The molecule has 32 heavy (non-hydrogen) atoms. The highest BCUT2D eigenvalue weighted by atomic mass is 19.4. The Labute approximate surface area is 180 Å². The average molecular weight is 454 g/mol. The first-order valence-corrected chi connectivity index (χ1v) is 10.2. The summed E-state index contributed by atoms with van der Waals surface area (Å²) in [5.41, 5.74) is -0.992. The Kier molecular flexibility index (Phi) is 5.07. The Balaban J connectivity index is 1.64. The summed E-state index contributed by atoms with van der Waals surface area (Å²) in [6.45, 7) is 0.567. The highest BCUT2D eigenvalue weighted by Crippen LogP contribution is 2.42. The topological polar surface area (TPSA) is 112 Å². The average Bonchev–Trinajstić information content (AvgIpc) is 3.28. The van der Waals surface area contributed by atoms with Crippen molar-refractivity contribution in [3.05, 3.63) is 17.5 Å². The molecule has 0 spiro atoms. The number of aromatic nitrogens is 4. The van der Waals surface area contributed by atoms with E-state index in [1.54, 1.807) is 4.68 Å². The maximum atomic E-state index is 13.6. The maximum Gasteiger partial charge on any atom is 0.421 e. The molecular formula is C19H21F3N6O4. The van der Waals surface area contributed by atoms with E-state index in [0.717, 1.165) is 25.5 Å². The van der Waals surface area contributed by atoms with Gasteiger partial charge in [-0.3, -0.25) is 0 Å². The van der Waals surface area contributed by atoms with E-state index in [-0.39, 0.29) is 55.0 Å². The SMILES string of the molecule is COC(=O)c1nn(C2CCC2)c2c1OC[C@@H]1COC[C@H]1Nc1nc(ncc1C(F)(F)F)N2. The van der Waals surface area contributed by atoms with Gasteiger partial charge in [0, 0.05) is 12.1 Å². The molecule has 13 heteroatoms. The van der Waals surface area contributed by atoms with Crippen molar-refractivity contribution < 1.29 is 32.2 Å². The van der Waals surface area contributed by atoms with Crippen LogP contribution in [0.4, 0.5) is 30.8 Å². The molecule has 1 saturated heterocycles. The van der Waals surface area contributed by atoms with E-state index in [9.17, 15) is 18.0 Å². The summed E-state index contributed by atoms with van der Waals surface area (Å²) in [6, 6.07) is -0.457. The smallest absolute Gasteiger partial charge is 0.421 e. The van der Waals surface area contributed by atoms with Crippen molar-refractivity contribution in [2.24, 2.45) is 5.92 Å². The number of rotatable bonds is 2. The summed E-state index contributed by atoms with van der Waals surface area (Å²) in [5, 5.41) is 10.2. The molecule has 2 bridgehead atoms. The molecule has 1 saturated carbocycles. The second-order valence-electron chi connectivity index (χ2n) is 7.99. The van der Waals surface area contributed by atoms with Gasteiger partial charge >= 0.3 is 12.1 Å². The predicted molar refractivity (Wildman–Crippen MR) is 104 cm³/mol. The lowest BCUT2D eigenvalue weighted by atomic mass is 9.93. The van der Waals surface area contributed by atoms with E-state index in [2.05, 4.69) is 25.7 Å². The molecule has 4 heterocycles. The van der Waals surface area contributed by atoms with Crippen molar-refractivity contribution in [1.29, 1.82) is 0 Å². The molecule has 1 aliphatic carbocycles. The molecule has 172 valence electrons. The lowest BCUT2D eigenvalue weighted by Gasteiger charge is -2.27. The summed E-state index contributed by atoms with van der Waals surface area (Å²) in [4.78, 5) is 20.4. The standard InChI is InChI=1S/C19H21F3N6O4/c1-30-17(29)13-14-16(28(27-13)10-3-2-4-10)26-18-23-5-11(19(20,21)22)15(25-18)24-12-8-31-6-9(12)7-32-14/h5,9-10,12H,2-4,6-8H2,1H3,(H2,23,24,25,26)/t9-,12+/m0/s1. The molecule has 2 N–H and O–H groups in total. The molecular weight excluding hydrogens is 433 g/mol. The van der Waals surface area contributed by atoms with Gasteiger partial charge in [-0.15, -0.1) is 0 Å². The molecule has 3 aliphatic rings. The first-order valence-electron chi connectivity index (χ1n) is 10.2. The largest absolute Gasteiger partial charge is 0.487 e. The molecule has 5 rings (SSSR count). The van der Waals surface area contributed by atoms with Gasteiger partial charge in [-0.1, -0.05) is 0 Å². The van der Waals surface area contributed by atoms with Crippen LogP contribution in [-0.4, -0.2) is 58.7 Å². The van der Waals surface area contributed by atoms with E-state index in [1.165, 1.54) is 7.11 Å². The number of halogens is 3. The second kappa shape index (κ2) is 7.80. The second-order valence-corrected chi connectivity index (χ2v) is 7.99. The van der Waals surface area contributed by atoms with Crippen molar-refractivity contribution in [3.8, 4) is 5.75 Å². The van der Waals surface area contributed by atoms with Crippen LogP contribution in [0.25, 0.3) is 0 Å². The summed E-state index contributed by atoms with van der Waals surface area (Å²) in [5.74, 6) is -0.929.